The van der Waals surface area contributed by atoms with Gasteiger partial charge in [-0.25, -0.2) is 4.39 Å². The second-order valence-electron chi connectivity index (χ2n) is 6.34. The molecule has 2 aromatic carbocycles. The molecule has 3 nitrogen and oxygen atoms in total. The second kappa shape index (κ2) is 7.58. The molecule has 0 spiro atoms. The molecule has 1 saturated carbocycles. The average Bonchev–Trinajstić information content (AvgIpc) is 3.40. The number of halogens is 1. The number of rotatable bonds is 7. The van der Waals surface area contributed by atoms with E-state index in [1.165, 1.54) is 12.1 Å². The normalized spacial score (nSPS) is 20.4. The number of amides is 1. The van der Waals surface area contributed by atoms with E-state index in [9.17, 15) is 9.18 Å². The minimum absolute atomic E-state index is 0.0381. The summed E-state index contributed by atoms with van der Waals surface area (Å²) in [5.41, 5.74) is 2.07. The van der Waals surface area contributed by atoms with Crippen LogP contribution in [0, 0.1) is 11.7 Å². The number of benzene rings is 2. The Morgan fingerprint density at radius 3 is 2.54 bits per heavy atom. The Morgan fingerprint density at radius 1 is 1.17 bits per heavy atom. The number of hydrogen-bond donors (Lipinski definition) is 2. The van der Waals surface area contributed by atoms with E-state index in [0.29, 0.717) is 12.8 Å². The fourth-order valence-corrected chi connectivity index (χ4v) is 3.14. The number of carbonyl (C=O) groups is 1. The van der Waals surface area contributed by atoms with E-state index in [-0.39, 0.29) is 36.2 Å². The van der Waals surface area contributed by atoms with Gasteiger partial charge in [-0.15, -0.1) is 0 Å². The van der Waals surface area contributed by atoms with E-state index in [1.807, 2.05) is 30.3 Å². The molecule has 1 amide bonds. The maximum atomic E-state index is 13.0. The Morgan fingerprint density at radius 2 is 1.88 bits per heavy atom. The highest BCUT2D eigenvalue weighted by molar-refractivity contribution is 5.83. The number of aliphatic hydroxyl groups is 1. The van der Waals surface area contributed by atoms with Crippen molar-refractivity contribution in [3.05, 3.63) is 71.5 Å². The molecule has 1 aliphatic carbocycles. The molecule has 0 aromatic heterocycles. The van der Waals surface area contributed by atoms with Gasteiger partial charge in [0.1, 0.15) is 5.82 Å². The molecular weight excluding hydrogens is 305 g/mol. The Balaban J connectivity index is 1.63. The summed E-state index contributed by atoms with van der Waals surface area (Å²) in [5, 5.41) is 12.2. The maximum absolute atomic E-state index is 13.0. The standard InChI is InChI=1S/C20H22FNO2/c21-16-10-8-14(9-11-16)17-13-18(17)20(24)22-19(7-4-12-23)15-5-2-1-3-6-15/h1-3,5-6,8-11,17-19,23H,4,7,12-13H2,(H,22,24). The van der Waals surface area contributed by atoms with Gasteiger partial charge in [0.15, 0.2) is 0 Å². The summed E-state index contributed by atoms with van der Waals surface area (Å²) in [6, 6.07) is 16.1. The largest absolute Gasteiger partial charge is 0.396 e. The third-order valence-electron chi connectivity index (χ3n) is 4.59. The lowest BCUT2D eigenvalue weighted by atomic mass is 10.0. The summed E-state index contributed by atoms with van der Waals surface area (Å²) in [6.07, 6.45) is 2.16. The van der Waals surface area contributed by atoms with Crippen LogP contribution in [0.1, 0.15) is 42.3 Å². The Hall–Kier alpha value is -2.20. The molecule has 2 aromatic rings. The highest BCUT2D eigenvalue weighted by Crippen LogP contribution is 2.47. The van der Waals surface area contributed by atoms with Gasteiger partial charge in [0.05, 0.1) is 6.04 Å². The summed E-state index contributed by atoms with van der Waals surface area (Å²) < 4.78 is 13.0. The molecule has 4 heteroatoms. The summed E-state index contributed by atoms with van der Waals surface area (Å²) in [5.74, 6) is -0.0830. The van der Waals surface area contributed by atoms with Gasteiger partial charge < -0.3 is 10.4 Å². The van der Waals surface area contributed by atoms with E-state index in [4.69, 9.17) is 5.11 Å². The van der Waals surface area contributed by atoms with Crippen molar-refractivity contribution >= 4 is 5.91 Å². The van der Waals surface area contributed by atoms with Gasteiger partial charge in [0.25, 0.3) is 0 Å². The van der Waals surface area contributed by atoms with Crippen LogP contribution < -0.4 is 5.32 Å². The molecule has 0 saturated heterocycles. The highest BCUT2D eigenvalue weighted by atomic mass is 19.1. The monoisotopic (exact) mass is 327 g/mol. The van der Waals surface area contributed by atoms with Crippen molar-refractivity contribution in [3.8, 4) is 0 Å². The number of hydrogen-bond acceptors (Lipinski definition) is 2. The SMILES string of the molecule is O=C(NC(CCCO)c1ccccc1)C1CC1c1ccc(F)cc1. The second-order valence-corrected chi connectivity index (χ2v) is 6.34. The van der Waals surface area contributed by atoms with Crippen LogP contribution in [0.4, 0.5) is 4.39 Å². The maximum Gasteiger partial charge on any atom is 0.224 e. The predicted octanol–water partition coefficient (Wildman–Crippen LogP) is 3.56. The summed E-state index contributed by atoms with van der Waals surface area (Å²) in [6.45, 7) is 0.112. The molecular formula is C20H22FNO2. The first kappa shape index (κ1) is 16.7. The van der Waals surface area contributed by atoms with Crippen LogP contribution in [0.2, 0.25) is 0 Å². The van der Waals surface area contributed by atoms with Crippen molar-refractivity contribution in [1.29, 1.82) is 0 Å². The zero-order chi connectivity index (χ0) is 16.9. The van der Waals surface area contributed by atoms with E-state index in [2.05, 4.69) is 5.32 Å². The topological polar surface area (TPSA) is 49.3 Å². The summed E-state index contributed by atoms with van der Waals surface area (Å²) >= 11 is 0. The molecule has 0 heterocycles. The minimum atomic E-state index is -0.256. The van der Waals surface area contributed by atoms with Gasteiger partial charge >= 0.3 is 0 Å². The molecule has 126 valence electrons. The molecule has 1 aliphatic rings. The first-order chi connectivity index (χ1) is 11.7. The zero-order valence-corrected chi connectivity index (χ0v) is 13.5. The quantitative estimate of drug-likeness (QED) is 0.817. The lowest BCUT2D eigenvalue weighted by Gasteiger charge is -2.19. The molecule has 0 aliphatic heterocycles. The minimum Gasteiger partial charge on any atom is -0.396 e. The van der Waals surface area contributed by atoms with E-state index in [1.54, 1.807) is 12.1 Å². The van der Waals surface area contributed by atoms with Crippen molar-refractivity contribution in [2.45, 2.75) is 31.2 Å². The predicted molar refractivity (Wildman–Crippen MR) is 90.9 cm³/mol. The summed E-state index contributed by atoms with van der Waals surface area (Å²) in [7, 11) is 0. The smallest absolute Gasteiger partial charge is 0.224 e. The van der Waals surface area contributed by atoms with Crippen LogP contribution in [-0.4, -0.2) is 17.6 Å². The fraction of sp³-hybridized carbons (Fsp3) is 0.350. The fourth-order valence-electron chi connectivity index (χ4n) is 3.14. The third kappa shape index (κ3) is 4.01. The molecule has 24 heavy (non-hydrogen) atoms. The highest BCUT2D eigenvalue weighted by Gasteiger charge is 2.44. The Bertz CT molecular complexity index is 672. The third-order valence-corrected chi connectivity index (χ3v) is 4.59. The van der Waals surface area contributed by atoms with Crippen LogP contribution in [0.15, 0.2) is 54.6 Å². The van der Waals surface area contributed by atoms with Gasteiger partial charge in [0.2, 0.25) is 5.91 Å². The zero-order valence-electron chi connectivity index (χ0n) is 13.5. The van der Waals surface area contributed by atoms with Crippen molar-refractivity contribution in [1.82, 2.24) is 5.32 Å². The molecule has 3 atom stereocenters. The van der Waals surface area contributed by atoms with Gasteiger partial charge in [0, 0.05) is 12.5 Å². The number of carbonyl (C=O) groups excluding carboxylic acids is 1. The average molecular weight is 327 g/mol. The Kier molecular flexibility index (Phi) is 5.26. The lowest BCUT2D eigenvalue weighted by molar-refractivity contribution is -0.123. The Labute approximate surface area is 141 Å². The van der Waals surface area contributed by atoms with Crippen LogP contribution in [0.25, 0.3) is 0 Å². The van der Waals surface area contributed by atoms with E-state index >= 15 is 0 Å². The van der Waals surface area contributed by atoms with Gasteiger partial charge in [-0.3, -0.25) is 4.79 Å². The van der Waals surface area contributed by atoms with Crippen LogP contribution in [0.3, 0.4) is 0 Å². The molecule has 3 unspecified atom stereocenters. The lowest BCUT2D eigenvalue weighted by Crippen LogP contribution is -2.30. The van der Waals surface area contributed by atoms with E-state index < -0.39 is 0 Å². The molecule has 3 rings (SSSR count). The van der Waals surface area contributed by atoms with Crippen LogP contribution in [0.5, 0.6) is 0 Å². The first-order valence-corrected chi connectivity index (χ1v) is 8.40. The van der Waals surface area contributed by atoms with Gasteiger partial charge in [-0.2, -0.15) is 0 Å². The van der Waals surface area contributed by atoms with Crippen LogP contribution in [-0.2, 0) is 4.79 Å². The first-order valence-electron chi connectivity index (χ1n) is 8.40. The van der Waals surface area contributed by atoms with Crippen molar-refractivity contribution in [2.24, 2.45) is 5.92 Å². The van der Waals surface area contributed by atoms with Gasteiger partial charge in [-0.1, -0.05) is 42.5 Å². The number of nitrogens with one attached hydrogen (secondary N) is 1. The van der Waals surface area contributed by atoms with Crippen molar-refractivity contribution in [2.75, 3.05) is 6.61 Å². The van der Waals surface area contributed by atoms with E-state index in [0.717, 1.165) is 17.5 Å². The number of aliphatic hydroxyl groups excluding tert-OH is 1. The molecule has 0 radical (unpaired) electrons. The van der Waals surface area contributed by atoms with Gasteiger partial charge in [-0.05, 0) is 48.4 Å². The van der Waals surface area contributed by atoms with Crippen LogP contribution >= 0.6 is 0 Å². The molecule has 2 N–H and O–H groups in total. The summed E-state index contributed by atoms with van der Waals surface area (Å²) in [4.78, 5) is 12.6. The molecule has 0 bridgehead atoms. The van der Waals surface area contributed by atoms with Crippen molar-refractivity contribution < 1.29 is 14.3 Å². The molecule has 1 fully saturated rings. The van der Waals surface area contributed by atoms with Crippen molar-refractivity contribution in [3.63, 3.8) is 0 Å².